The average molecular weight is 406 g/mol. The number of nitro benzene ring substituents is 1. The molecular weight excluding hydrogens is 386 g/mol. The van der Waals surface area contributed by atoms with Crippen molar-refractivity contribution in [2.24, 2.45) is 0 Å². The summed E-state index contributed by atoms with van der Waals surface area (Å²) < 4.78 is 5.46. The predicted octanol–water partition coefficient (Wildman–Crippen LogP) is 3.75. The SMILES string of the molecule is CCN(CC)C(=O)COc1ccc(NC(=O)c2ccc([N+](=O)[O-])cc2)cc1Cl. The summed E-state index contributed by atoms with van der Waals surface area (Å²) >= 11 is 6.17. The van der Waals surface area contributed by atoms with Gasteiger partial charge >= 0.3 is 0 Å². The fourth-order valence-electron chi connectivity index (χ4n) is 2.44. The van der Waals surface area contributed by atoms with Crippen LogP contribution in [0, 0.1) is 10.1 Å². The average Bonchev–Trinajstić information content (AvgIpc) is 2.68. The van der Waals surface area contributed by atoms with Crippen LogP contribution in [-0.4, -0.2) is 41.3 Å². The van der Waals surface area contributed by atoms with Gasteiger partial charge in [-0.1, -0.05) is 11.6 Å². The Balaban J connectivity index is 2.00. The van der Waals surface area contributed by atoms with Crippen molar-refractivity contribution in [2.75, 3.05) is 25.0 Å². The number of benzene rings is 2. The van der Waals surface area contributed by atoms with Crippen LogP contribution in [0.2, 0.25) is 5.02 Å². The van der Waals surface area contributed by atoms with Crippen molar-refractivity contribution in [3.63, 3.8) is 0 Å². The molecule has 0 bridgehead atoms. The van der Waals surface area contributed by atoms with Gasteiger partial charge in [-0.15, -0.1) is 0 Å². The highest BCUT2D eigenvalue weighted by atomic mass is 35.5. The first-order valence-corrected chi connectivity index (χ1v) is 8.99. The van der Waals surface area contributed by atoms with E-state index in [1.165, 1.54) is 30.3 Å². The van der Waals surface area contributed by atoms with E-state index < -0.39 is 10.8 Å². The Labute approximate surface area is 167 Å². The summed E-state index contributed by atoms with van der Waals surface area (Å²) in [5.74, 6) is -0.247. The first-order valence-electron chi connectivity index (χ1n) is 8.61. The van der Waals surface area contributed by atoms with Gasteiger partial charge in [0.2, 0.25) is 0 Å². The zero-order valence-corrected chi connectivity index (χ0v) is 16.2. The molecule has 0 aliphatic carbocycles. The standard InChI is InChI=1S/C19H20ClN3O5/c1-3-22(4-2)18(24)12-28-17-10-7-14(11-16(17)20)21-19(25)13-5-8-15(9-6-13)23(26)27/h5-11H,3-4,12H2,1-2H3,(H,21,25). The molecule has 1 N–H and O–H groups in total. The number of nitrogens with zero attached hydrogens (tertiary/aromatic N) is 2. The van der Waals surface area contributed by atoms with E-state index >= 15 is 0 Å². The summed E-state index contributed by atoms with van der Waals surface area (Å²) in [6.07, 6.45) is 0. The van der Waals surface area contributed by atoms with Crippen molar-refractivity contribution in [1.29, 1.82) is 0 Å². The number of nitro groups is 1. The van der Waals surface area contributed by atoms with Gasteiger partial charge in [0.1, 0.15) is 5.75 Å². The van der Waals surface area contributed by atoms with Gasteiger partial charge in [0.15, 0.2) is 6.61 Å². The molecule has 0 aliphatic rings. The van der Waals surface area contributed by atoms with Gasteiger partial charge in [-0.3, -0.25) is 19.7 Å². The summed E-state index contributed by atoms with van der Waals surface area (Å²) in [5.41, 5.74) is 0.600. The number of anilines is 1. The van der Waals surface area contributed by atoms with E-state index in [2.05, 4.69) is 5.32 Å². The van der Waals surface area contributed by atoms with Gasteiger partial charge in [-0.05, 0) is 44.2 Å². The van der Waals surface area contributed by atoms with Gasteiger partial charge in [-0.25, -0.2) is 0 Å². The number of hydrogen-bond donors (Lipinski definition) is 1. The second kappa shape index (κ2) is 9.70. The van der Waals surface area contributed by atoms with Crippen LogP contribution in [0.15, 0.2) is 42.5 Å². The van der Waals surface area contributed by atoms with Crippen LogP contribution in [-0.2, 0) is 4.79 Å². The summed E-state index contributed by atoms with van der Waals surface area (Å²) in [6, 6.07) is 9.89. The number of carbonyl (C=O) groups is 2. The van der Waals surface area contributed by atoms with E-state index in [1.807, 2.05) is 13.8 Å². The monoisotopic (exact) mass is 405 g/mol. The molecule has 0 aliphatic heterocycles. The topological polar surface area (TPSA) is 102 Å². The smallest absolute Gasteiger partial charge is 0.269 e. The Morgan fingerprint density at radius 1 is 1.14 bits per heavy atom. The Morgan fingerprint density at radius 3 is 2.32 bits per heavy atom. The van der Waals surface area contributed by atoms with E-state index in [0.717, 1.165) is 0 Å². The minimum atomic E-state index is -0.537. The molecule has 8 nitrogen and oxygen atoms in total. The van der Waals surface area contributed by atoms with Crippen molar-refractivity contribution in [2.45, 2.75) is 13.8 Å². The normalized spacial score (nSPS) is 10.2. The third kappa shape index (κ3) is 5.43. The van der Waals surface area contributed by atoms with Gasteiger partial charge < -0.3 is 15.0 Å². The fraction of sp³-hybridized carbons (Fsp3) is 0.263. The van der Waals surface area contributed by atoms with E-state index in [9.17, 15) is 19.7 Å². The van der Waals surface area contributed by atoms with Crippen LogP contribution in [0.4, 0.5) is 11.4 Å². The second-order valence-corrected chi connectivity index (χ2v) is 6.17. The number of rotatable bonds is 8. The van der Waals surface area contributed by atoms with Gasteiger partial charge in [0, 0.05) is 36.5 Å². The summed E-state index contributed by atoms with van der Waals surface area (Å²) in [4.78, 5) is 36.0. The Morgan fingerprint density at radius 2 is 1.79 bits per heavy atom. The number of ether oxygens (including phenoxy) is 1. The minimum Gasteiger partial charge on any atom is -0.482 e. The Bertz CT molecular complexity index is 866. The minimum absolute atomic E-state index is 0.0969. The molecule has 0 atom stereocenters. The van der Waals surface area contributed by atoms with Crippen molar-refractivity contribution in [1.82, 2.24) is 4.90 Å². The largest absolute Gasteiger partial charge is 0.482 e. The summed E-state index contributed by atoms with van der Waals surface area (Å²) in [7, 11) is 0. The van der Waals surface area contributed by atoms with Crippen molar-refractivity contribution in [3.8, 4) is 5.75 Å². The molecule has 2 aromatic carbocycles. The molecule has 0 spiro atoms. The van der Waals surface area contributed by atoms with Crippen molar-refractivity contribution in [3.05, 3.63) is 63.2 Å². The molecular formula is C19H20ClN3O5. The molecule has 9 heteroatoms. The predicted molar refractivity (Wildman–Crippen MR) is 106 cm³/mol. The molecule has 0 unspecified atom stereocenters. The number of amides is 2. The first kappa shape index (κ1) is 21.2. The molecule has 28 heavy (non-hydrogen) atoms. The summed E-state index contributed by atoms with van der Waals surface area (Å²) in [5, 5.41) is 13.6. The van der Waals surface area contributed by atoms with E-state index in [-0.39, 0.29) is 28.8 Å². The van der Waals surface area contributed by atoms with Crippen molar-refractivity contribution < 1.29 is 19.2 Å². The van der Waals surface area contributed by atoms with E-state index in [1.54, 1.807) is 17.0 Å². The molecule has 0 radical (unpaired) electrons. The molecule has 2 aromatic rings. The third-order valence-corrected chi connectivity index (χ3v) is 4.29. The van der Waals surface area contributed by atoms with Gasteiger partial charge in [0.05, 0.1) is 9.95 Å². The zero-order valence-electron chi connectivity index (χ0n) is 15.5. The Kier molecular flexibility index (Phi) is 7.34. The number of carbonyl (C=O) groups excluding carboxylic acids is 2. The Hall–Kier alpha value is -3.13. The lowest BCUT2D eigenvalue weighted by Gasteiger charge is -2.19. The van der Waals surface area contributed by atoms with Gasteiger partial charge in [-0.2, -0.15) is 0 Å². The number of nitrogens with one attached hydrogen (secondary N) is 1. The van der Waals surface area contributed by atoms with Crippen LogP contribution >= 0.6 is 11.6 Å². The summed E-state index contributed by atoms with van der Waals surface area (Å²) in [6.45, 7) is 4.84. The number of likely N-dealkylation sites (N-methyl/N-ethyl adjacent to an activating group) is 1. The molecule has 2 rings (SSSR count). The highest BCUT2D eigenvalue weighted by molar-refractivity contribution is 6.32. The van der Waals surface area contributed by atoms with Crippen LogP contribution in [0.1, 0.15) is 24.2 Å². The molecule has 148 valence electrons. The second-order valence-electron chi connectivity index (χ2n) is 5.76. The number of halogens is 1. The lowest BCUT2D eigenvalue weighted by molar-refractivity contribution is -0.384. The van der Waals surface area contributed by atoms with E-state index in [4.69, 9.17) is 16.3 Å². The van der Waals surface area contributed by atoms with Crippen LogP contribution < -0.4 is 10.1 Å². The first-order chi connectivity index (χ1) is 13.3. The molecule has 0 saturated heterocycles. The van der Waals surface area contributed by atoms with Crippen molar-refractivity contribution >= 4 is 34.8 Å². The third-order valence-electron chi connectivity index (χ3n) is 4.00. The maximum Gasteiger partial charge on any atom is 0.269 e. The van der Waals surface area contributed by atoms with Gasteiger partial charge in [0.25, 0.3) is 17.5 Å². The number of hydrogen-bond acceptors (Lipinski definition) is 5. The fourth-order valence-corrected chi connectivity index (χ4v) is 2.68. The lowest BCUT2D eigenvalue weighted by atomic mass is 10.2. The maximum absolute atomic E-state index is 12.2. The molecule has 0 fully saturated rings. The molecule has 0 saturated carbocycles. The lowest BCUT2D eigenvalue weighted by Crippen LogP contribution is -2.34. The molecule has 0 aromatic heterocycles. The molecule has 2 amide bonds. The van der Waals surface area contributed by atoms with Crippen LogP contribution in [0.5, 0.6) is 5.75 Å². The zero-order chi connectivity index (χ0) is 20.7. The maximum atomic E-state index is 12.2. The highest BCUT2D eigenvalue weighted by Crippen LogP contribution is 2.28. The van der Waals surface area contributed by atoms with E-state index in [0.29, 0.717) is 24.5 Å². The van der Waals surface area contributed by atoms with Crippen LogP contribution in [0.25, 0.3) is 0 Å². The number of non-ortho nitro benzene ring substituents is 1. The van der Waals surface area contributed by atoms with Crippen LogP contribution in [0.3, 0.4) is 0 Å². The molecule has 0 heterocycles. The highest BCUT2D eigenvalue weighted by Gasteiger charge is 2.13. The quantitative estimate of drug-likeness (QED) is 0.532.